The molecular weight excluding hydrogens is 210 g/mol. The van der Waals surface area contributed by atoms with Gasteiger partial charge in [0.15, 0.2) is 0 Å². The molecule has 1 saturated carbocycles. The van der Waals surface area contributed by atoms with Crippen molar-refractivity contribution in [2.45, 2.75) is 39.5 Å². The van der Waals surface area contributed by atoms with Gasteiger partial charge in [-0.1, -0.05) is 13.8 Å². The Morgan fingerprint density at radius 2 is 1.65 bits per heavy atom. The number of hydrogen-bond acceptors (Lipinski definition) is 3. The minimum absolute atomic E-state index is 0.807. The van der Waals surface area contributed by atoms with E-state index in [-0.39, 0.29) is 0 Å². The molecule has 0 aromatic rings. The van der Waals surface area contributed by atoms with E-state index < -0.39 is 0 Å². The maximum atomic E-state index is 5.71. The van der Waals surface area contributed by atoms with Crippen LogP contribution in [-0.2, 0) is 0 Å². The molecule has 3 nitrogen and oxygen atoms in total. The number of nitrogens with zero attached hydrogens (tertiary/aromatic N) is 1. The third-order valence-electron chi connectivity index (χ3n) is 4.23. The van der Waals surface area contributed by atoms with Gasteiger partial charge in [-0.25, -0.2) is 0 Å². The second-order valence-corrected chi connectivity index (χ2v) is 5.35. The second-order valence-electron chi connectivity index (χ2n) is 5.35. The van der Waals surface area contributed by atoms with Gasteiger partial charge in [-0.3, -0.25) is 0 Å². The maximum absolute atomic E-state index is 5.71. The van der Waals surface area contributed by atoms with Crippen LogP contribution in [0.4, 0.5) is 0 Å². The quantitative estimate of drug-likeness (QED) is 0.635. The molecule has 3 N–H and O–H groups in total. The first-order valence-electron chi connectivity index (χ1n) is 7.43. The van der Waals surface area contributed by atoms with Crippen LogP contribution in [0.3, 0.4) is 0 Å². The summed E-state index contributed by atoms with van der Waals surface area (Å²) in [6.45, 7) is 11.2. The molecule has 102 valence electrons. The zero-order valence-corrected chi connectivity index (χ0v) is 11.8. The van der Waals surface area contributed by atoms with Gasteiger partial charge >= 0.3 is 0 Å². The van der Waals surface area contributed by atoms with Crippen LogP contribution >= 0.6 is 0 Å². The molecule has 1 aliphatic carbocycles. The summed E-state index contributed by atoms with van der Waals surface area (Å²) in [7, 11) is 0. The van der Waals surface area contributed by atoms with E-state index in [2.05, 4.69) is 24.1 Å². The maximum Gasteiger partial charge on any atom is 0.0107 e. The van der Waals surface area contributed by atoms with E-state index in [1.54, 1.807) is 0 Å². The summed E-state index contributed by atoms with van der Waals surface area (Å²) in [5.41, 5.74) is 5.71. The Morgan fingerprint density at radius 1 is 1.06 bits per heavy atom. The van der Waals surface area contributed by atoms with E-state index in [4.69, 9.17) is 5.73 Å². The van der Waals surface area contributed by atoms with Crippen LogP contribution in [-0.4, -0.2) is 44.2 Å². The summed E-state index contributed by atoms with van der Waals surface area (Å²) in [4.78, 5) is 2.47. The Morgan fingerprint density at radius 3 is 2.18 bits per heavy atom. The van der Waals surface area contributed by atoms with Crippen LogP contribution in [0.15, 0.2) is 0 Å². The molecule has 0 aromatic carbocycles. The SMILES string of the molecule is CCN(CC)CCNCC1CCC(CN)CC1. The van der Waals surface area contributed by atoms with Crippen molar-refractivity contribution in [3.63, 3.8) is 0 Å². The second kappa shape index (κ2) is 8.90. The van der Waals surface area contributed by atoms with Gasteiger partial charge in [0.1, 0.15) is 0 Å². The Hall–Kier alpha value is -0.120. The number of nitrogens with one attached hydrogen (secondary N) is 1. The van der Waals surface area contributed by atoms with Crippen molar-refractivity contribution in [3.8, 4) is 0 Å². The van der Waals surface area contributed by atoms with Crippen molar-refractivity contribution in [3.05, 3.63) is 0 Å². The highest BCUT2D eigenvalue weighted by molar-refractivity contribution is 4.74. The predicted molar refractivity (Wildman–Crippen MR) is 75.2 cm³/mol. The fourth-order valence-electron chi connectivity index (χ4n) is 2.75. The normalized spacial score (nSPS) is 25.4. The standard InChI is InChI=1S/C14H31N3/c1-3-17(4-2)10-9-16-12-14-7-5-13(11-15)6-8-14/h13-14,16H,3-12,15H2,1-2H3. The smallest absolute Gasteiger partial charge is 0.0107 e. The summed E-state index contributed by atoms with van der Waals surface area (Å²) in [5.74, 6) is 1.71. The lowest BCUT2D eigenvalue weighted by Gasteiger charge is -2.28. The Kier molecular flexibility index (Phi) is 7.82. The third-order valence-corrected chi connectivity index (χ3v) is 4.23. The number of nitrogens with two attached hydrogens (primary N) is 1. The first-order chi connectivity index (χ1) is 8.30. The molecule has 0 amide bonds. The molecule has 0 radical (unpaired) electrons. The monoisotopic (exact) mass is 241 g/mol. The van der Waals surface area contributed by atoms with Crippen LogP contribution in [0.25, 0.3) is 0 Å². The molecule has 17 heavy (non-hydrogen) atoms. The molecule has 3 heteroatoms. The van der Waals surface area contributed by atoms with Gasteiger partial charge in [0, 0.05) is 13.1 Å². The van der Waals surface area contributed by atoms with Crippen LogP contribution < -0.4 is 11.1 Å². The van der Waals surface area contributed by atoms with Gasteiger partial charge in [-0.2, -0.15) is 0 Å². The van der Waals surface area contributed by atoms with Crippen molar-refractivity contribution in [1.29, 1.82) is 0 Å². The number of likely N-dealkylation sites (N-methyl/N-ethyl adjacent to an activating group) is 1. The Bertz CT molecular complexity index is 172. The topological polar surface area (TPSA) is 41.3 Å². The van der Waals surface area contributed by atoms with Crippen LogP contribution in [0.5, 0.6) is 0 Å². The Labute approximate surface area is 107 Å². The molecular formula is C14H31N3. The predicted octanol–water partition coefficient (Wildman–Crippen LogP) is 1.68. The zero-order chi connectivity index (χ0) is 12.5. The minimum atomic E-state index is 0.807. The van der Waals surface area contributed by atoms with Gasteiger partial charge in [0.25, 0.3) is 0 Å². The Balaban J connectivity index is 2.00. The molecule has 0 heterocycles. The summed E-state index contributed by atoms with van der Waals surface area (Å²) in [6.07, 6.45) is 5.44. The van der Waals surface area contributed by atoms with E-state index >= 15 is 0 Å². The summed E-state index contributed by atoms with van der Waals surface area (Å²) in [6, 6.07) is 0. The lowest BCUT2D eigenvalue weighted by atomic mass is 9.82. The number of rotatable bonds is 8. The third kappa shape index (κ3) is 5.84. The molecule has 0 atom stereocenters. The molecule has 1 rings (SSSR count). The van der Waals surface area contributed by atoms with E-state index in [0.717, 1.165) is 24.9 Å². The summed E-state index contributed by atoms with van der Waals surface area (Å²) < 4.78 is 0. The van der Waals surface area contributed by atoms with Crippen molar-refractivity contribution >= 4 is 0 Å². The molecule has 0 aromatic heterocycles. The van der Waals surface area contributed by atoms with Gasteiger partial charge in [0.2, 0.25) is 0 Å². The van der Waals surface area contributed by atoms with Crippen molar-refractivity contribution in [2.75, 3.05) is 39.3 Å². The first kappa shape index (κ1) is 14.9. The number of hydrogen-bond donors (Lipinski definition) is 2. The first-order valence-corrected chi connectivity index (χ1v) is 7.43. The average Bonchev–Trinajstić information content (AvgIpc) is 2.40. The van der Waals surface area contributed by atoms with Crippen LogP contribution in [0, 0.1) is 11.8 Å². The molecule has 0 bridgehead atoms. The molecule has 0 unspecified atom stereocenters. The molecule has 0 saturated heterocycles. The summed E-state index contributed by atoms with van der Waals surface area (Å²) >= 11 is 0. The highest BCUT2D eigenvalue weighted by Crippen LogP contribution is 2.27. The van der Waals surface area contributed by atoms with Crippen molar-refractivity contribution in [1.82, 2.24) is 10.2 Å². The van der Waals surface area contributed by atoms with Gasteiger partial charge < -0.3 is 16.0 Å². The zero-order valence-electron chi connectivity index (χ0n) is 11.8. The van der Waals surface area contributed by atoms with E-state index in [9.17, 15) is 0 Å². The van der Waals surface area contributed by atoms with Crippen LogP contribution in [0.2, 0.25) is 0 Å². The van der Waals surface area contributed by atoms with E-state index in [1.165, 1.54) is 51.9 Å². The molecule has 0 aliphatic heterocycles. The van der Waals surface area contributed by atoms with Crippen LogP contribution in [0.1, 0.15) is 39.5 Å². The van der Waals surface area contributed by atoms with Crippen molar-refractivity contribution < 1.29 is 0 Å². The lowest BCUT2D eigenvalue weighted by Crippen LogP contribution is -2.35. The lowest BCUT2D eigenvalue weighted by molar-refractivity contribution is 0.261. The molecule has 0 spiro atoms. The fraction of sp³-hybridized carbons (Fsp3) is 1.00. The average molecular weight is 241 g/mol. The molecule has 1 fully saturated rings. The highest BCUT2D eigenvalue weighted by atomic mass is 15.1. The highest BCUT2D eigenvalue weighted by Gasteiger charge is 2.19. The molecule has 1 aliphatic rings. The fourth-order valence-corrected chi connectivity index (χ4v) is 2.75. The minimum Gasteiger partial charge on any atom is -0.330 e. The summed E-state index contributed by atoms with van der Waals surface area (Å²) in [5, 5.41) is 3.61. The van der Waals surface area contributed by atoms with Gasteiger partial charge in [-0.05, 0) is 63.7 Å². The van der Waals surface area contributed by atoms with Gasteiger partial charge in [-0.15, -0.1) is 0 Å². The van der Waals surface area contributed by atoms with E-state index in [0.29, 0.717) is 0 Å². The van der Waals surface area contributed by atoms with E-state index in [1.807, 2.05) is 0 Å². The van der Waals surface area contributed by atoms with Crippen molar-refractivity contribution in [2.24, 2.45) is 17.6 Å². The van der Waals surface area contributed by atoms with Gasteiger partial charge in [0.05, 0.1) is 0 Å². The largest absolute Gasteiger partial charge is 0.330 e.